The first-order valence-corrected chi connectivity index (χ1v) is 9.22. The molecule has 28 heavy (non-hydrogen) atoms. The number of hydrogen-bond acceptors (Lipinski definition) is 5. The molecule has 148 valence electrons. The van der Waals surface area contributed by atoms with Crippen molar-refractivity contribution in [3.63, 3.8) is 0 Å². The Morgan fingerprint density at radius 2 is 1.46 bits per heavy atom. The molecule has 3 N–H and O–H groups in total. The average molecular weight is 383 g/mol. The second kappa shape index (κ2) is 10.7. The van der Waals surface area contributed by atoms with Gasteiger partial charge in [0, 0.05) is 23.5 Å². The summed E-state index contributed by atoms with van der Waals surface area (Å²) in [7, 11) is 0. The smallest absolute Gasteiger partial charge is 0.338 e. The van der Waals surface area contributed by atoms with Crippen LogP contribution in [0.1, 0.15) is 41.0 Å². The highest BCUT2D eigenvalue weighted by Crippen LogP contribution is 2.12. The van der Waals surface area contributed by atoms with Crippen LogP contribution < -0.4 is 16.0 Å². The summed E-state index contributed by atoms with van der Waals surface area (Å²) >= 11 is 0. The van der Waals surface area contributed by atoms with Crippen LogP contribution >= 0.6 is 0 Å². The maximum Gasteiger partial charge on any atom is 0.338 e. The number of amides is 2. The molecule has 2 rings (SSSR count). The van der Waals surface area contributed by atoms with E-state index in [2.05, 4.69) is 16.0 Å². The second-order valence-corrected chi connectivity index (χ2v) is 6.05. The van der Waals surface area contributed by atoms with E-state index in [0.29, 0.717) is 30.0 Å². The largest absolute Gasteiger partial charge is 0.462 e. The van der Waals surface area contributed by atoms with Crippen molar-refractivity contribution in [1.82, 2.24) is 5.32 Å². The molecule has 0 fully saturated rings. The molecule has 7 heteroatoms. The summed E-state index contributed by atoms with van der Waals surface area (Å²) in [6.45, 7) is 4.81. The van der Waals surface area contributed by atoms with Gasteiger partial charge in [0.05, 0.1) is 18.7 Å². The van der Waals surface area contributed by atoms with Gasteiger partial charge in [0.1, 0.15) is 0 Å². The van der Waals surface area contributed by atoms with Crippen LogP contribution in [-0.2, 0) is 9.53 Å². The van der Waals surface area contributed by atoms with Crippen LogP contribution in [-0.4, -0.2) is 37.5 Å². The molecule has 0 radical (unpaired) electrons. The summed E-state index contributed by atoms with van der Waals surface area (Å²) in [6.07, 6.45) is 0.765. The monoisotopic (exact) mass is 383 g/mol. The fourth-order valence-electron chi connectivity index (χ4n) is 2.36. The number of hydrogen-bond donors (Lipinski definition) is 3. The molecule has 2 amide bonds. The molecular formula is C21H25N3O4. The van der Waals surface area contributed by atoms with E-state index in [9.17, 15) is 14.4 Å². The normalized spacial score (nSPS) is 10.1. The van der Waals surface area contributed by atoms with Gasteiger partial charge in [0.25, 0.3) is 5.91 Å². The predicted octanol–water partition coefficient (Wildman–Crippen LogP) is 3.05. The maximum absolute atomic E-state index is 12.1. The summed E-state index contributed by atoms with van der Waals surface area (Å²) in [5.41, 5.74) is 2.33. The molecule has 0 unspecified atom stereocenters. The van der Waals surface area contributed by atoms with Crippen LogP contribution in [0.25, 0.3) is 0 Å². The highest BCUT2D eigenvalue weighted by Gasteiger charge is 2.08. The van der Waals surface area contributed by atoms with Gasteiger partial charge in [-0.05, 0) is 61.9 Å². The van der Waals surface area contributed by atoms with Crippen molar-refractivity contribution in [3.8, 4) is 0 Å². The van der Waals surface area contributed by atoms with Gasteiger partial charge in [0.15, 0.2) is 0 Å². The van der Waals surface area contributed by atoms with Crippen molar-refractivity contribution >= 4 is 29.2 Å². The number of carbonyl (C=O) groups is 3. The fourth-order valence-corrected chi connectivity index (χ4v) is 2.36. The Bertz CT molecular complexity index is 801. The molecule has 2 aromatic rings. The summed E-state index contributed by atoms with van der Waals surface area (Å²) in [5, 5.41) is 8.48. The summed E-state index contributed by atoms with van der Waals surface area (Å²) in [6, 6.07) is 13.4. The van der Waals surface area contributed by atoms with Crippen LogP contribution in [0.4, 0.5) is 11.4 Å². The average Bonchev–Trinajstić information content (AvgIpc) is 2.71. The zero-order valence-electron chi connectivity index (χ0n) is 16.1. The molecule has 0 spiro atoms. The van der Waals surface area contributed by atoms with Gasteiger partial charge in [-0.1, -0.05) is 6.92 Å². The Kier molecular flexibility index (Phi) is 8.02. The van der Waals surface area contributed by atoms with E-state index in [1.54, 1.807) is 48.5 Å². The van der Waals surface area contributed by atoms with Crippen LogP contribution in [0.2, 0.25) is 0 Å². The first-order valence-electron chi connectivity index (χ1n) is 9.22. The van der Waals surface area contributed by atoms with E-state index < -0.39 is 0 Å². The number of nitrogens with one attached hydrogen (secondary N) is 3. The third-order valence-electron chi connectivity index (χ3n) is 3.78. The zero-order chi connectivity index (χ0) is 20.4. The van der Waals surface area contributed by atoms with Crippen molar-refractivity contribution in [2.75, 3.05) is 30.3 Å². The molecule has 0 saturated carbocycles. The lowest BCUT2D eigenvalue weighted by Gasteiger charge is -2.09. The van der Waals surface area contributed by atoms with Crippen molar-refractivity contribution < 1.29 is 19.1 Å². The Labute approximate surface area is 164 Å². The molecule has 0 aliphatic heterocycles. The maximum atomic E-state index is 12.1. The van der Waals surface area contributed by atoms with Crippen LogP contribution in [0, 0.1) is 0 Å². The minimum Gasteiger partial charge on any atom is -0.462 e. The summed E-state index contributed by atoms with van der Waals surface area (Å²) in [4.78, 5) is 35.5. The van der Waals surface area contributed by atoms with Gasteiger partial charge < -0.3 is 20.7 Å². The number of benzene rings is 2. The molecule has 0 aromatic heterocycles. The zero-order valence-corrected chi connectivity index (χ0v) is 16.1. The summed E-state index contributed by atoms with van der Waals surface area (Å²) in [5.74, 6) is -0.736. The van der Waals surface area contributed by atoms with E-state index >= 15 is 0 Å². The number of anilines is 2. The summed E-state index contributed by atoms with van der Waals surface area (Å²) < 4.78 is 5.06. The molecule has 2 aromatic carbocycles. The predicted molar refractivity (Wildman–Crippen MR) is 109 cm³/mol. The second-order valence-electron chi connectivity index (χ2n) is 6.05. The Balaban J connectivity index is 1.82. The Morgan fingerprint density at radius 1 is 0.857 bits per heavy atom. The lowest BCUT2D eigenvalue weighted by atomic mass is 10.2. The quantitative estimate of drug-likeness (QED) is 0.578. The van der Waals surface area contributed by atoms with E-state index in [1.807, 2.05) is 13.8 Å². The van der Waals surface area contributed by atoms with E-state index in [1.165, 1.54) is 0 Å². The number of ether oxygens (including phenoxy) is 1. The van der Waals surface area contributed by atoms with Crippen LogP contribution in [0.5, 0.6) is 0 Å². The molecule has 0 aliphatic carbocycles. The van der Waals surface area contributed by atoms with Gasteiger partial charge >= 0.3 is 5.97 Å². The lowest BCUT2D eigenvalue weighted by Crippen LogP contribution is -2.23. The minimum atomic E-state index is -0.377. The number of rotatable bonds is 9. The van der Waals surface area contributed by atoms with Gasteiger partial charge in [-0.15, -0.1) is 0 Å². The van der Waals surface area contributed by atoms with Gasteiger partial charge in [-0.3, -0.25) is 9.59 Å². The Morgan fingerprint density at radius 3 is 2.07 bits per heavy atom. The van der Waals surface area contributed by atoms with Gasteiger partial charge in [0.2, 0.25) is 5.91 Å². The van der Waals surface area contributed by atoms with Crippen molar-refractivity contribution in [2.24, 2.45) is 0 Å². The molecule has 0 bridgehead atoms. The molecule has 0 heterocycles. The molecule has 0 saturated heterocycles. The number of carbonyl (C=O) groups excluding carboxylic acids is 3. The van der Waals surface area contributed by atoms with Crippen molar-refractivity contribution in [1.29, 1.82) is 0 Å². The highest BCUT2D eigenvalue weighted by atomic mass is 16.5. The minimum absolute atomic E-state index is 0.0702. The first kappa shape index (κ1) is 21.0. The Hall–Kier alpha value is -3.35. The van der Waals surface area contributed by atoms with Gasteiger partial charge in [-0.2, -0.15) is 0 Å². The van der Waals surface area contributed by atoms with E-state index in [-0.39, 0.29) is 24.3 Å². The standard InChI is InChI=1S/C21H25N3O4/c1-3-13-28-21(27)16-7-11-18(12-8-16)24-19(25)14-23-17-9-5-15(6-10-17)20(26)22-4-2/h5-12,23H,3-4,13-14H2,1-2H3,(H,22,26)(H,24,25). The van der Waals surface area contributed by atoms with Crippen LogP contribution in [0.3, 0.4) is 0 Å². The molecular weight excluding hydrogens is 358 g/mol. The fraction of sp³-hybridized carbons (Fsp3) is 0.286. The van der Waals surface area contributed by atoms with Gasteiger partial charge in [-0.25, -0.2) is 4.79 Å². The first-order chi connectivity index (χ1) is 13.5. The topological polar surface area (TPSA) is 96.5 Å². The lowest BCUT2D eigenvalue weighted by molar-refractivity contribution is -0.114. The molecule has 7 nitrogen and oxygen atoms in total. The van der Waals surface area contributed by atoms with Crippen LogP contribution in [0.15, 0.2) is 48.5 Å². The van der Waals surface area contributed by atoms with E-state index in [0.717, 1.165) is 12.1 Å². The van der Waals surface area contributed by atoms with E-state index in [4.69, 9.17) is 4.74 Å². The number of esters is 1. The molecule has 0 atom stereocenters. The SMILES string of the molecule is CCCOC(=O)c1ccc(NC(=O)CNc2ccc(C(=O)NCC)cc2)cc1. The van der Waals surface area contributed by atoms with Crippen molar-refractivity contribution in [3.05, 3.63) is 59.7 Å². The third-order valence-corrected chi connectivity index (χ3v) is 3.78. The van der Waals surface area contributed by atoms with Crippen molar-refractivity contribution in [2.45, 2.75) is 20.3 Å². The molecule has 0 aliphatic rings. The highest BCUT2D eigenvalue weighted by molar-refractivity contribution is 5.96. The third kappa shape index (κ3) is 6.42.